The number of benzene rings is 4. The minimum absolute atomic E-state index is 0.0283. The Kier molecular flexibility index (Phi) is 17.8. The molecule has 1 saturated heterocycles. The molecule has 0 saturated carbocycles. The first-order valence-corrected chi connectivity index (χ1v) is 23.1. The summed E-state index contributed by atoms with van der Waals surface area (Å²) in [4.78, 5) is 58.5. The number of methoxy groups -OCH3 is 2. The molecule has 6 rings (SSSR count). The number of rotatable bonds is 22. The Morgan fingerprint density at radius 3 is 1.99 bits per heavy atom. The molecule has 1 unspecified atom stereocenters. The van der Waals surface area contributed by atoms with Crippen LogP contribution in [0, 0.1) is 11.3 Å². The van der Waals surface area contributed by atoms with Gasteiger partial charge in [-0.1, -0.05) is 72.8 Å². The van der Waals surface area contributed by atoms with Crippen molar-refractivity contribution in [3.63, 3.8) is 0 Å². The molecule has 67 heavy (non-hydrogen) atoms. The molecule has 4 atom stereocenters. The number of carbonyl (C=O) groups is 3. The number of ether oxygens (including phenoxy) is 5. The minimum Gasteiger partial charge on any atom is -0.497 e. The third kappa shape index (κ3) is 12.7. The lowest BCUT2D eigenvalue weighted by Crippen LogP contribution is -2.49. The van der Waals surface area contributed by atoms with Crippen molar-refractivity contribution in [3.8, 4) is 17.6 Å². The number of aromatic nitrogens is 2. The molecule has 1 amide bonds. The normalized spacial score (nSPS) is 16.3. The number of amides is 1. The maximum absolute atomic E-state index is 14.1. The smallest absolute Gasteiger partial charge is 0.351 e. The van der Waals surface area contributed by atoms with Crippen LogP contribution in [0.25, 0.3) is 0 Å². The molecule has 0 spiro atoms. The molecule has 1 aliphatic rings. The van der Waals surface area contributed by atoms with Crippen molar-refractivity contribution < 1.29 is 47.1 Å². The van der Waals surface area contributed by atoms with Gasteiger partial charge in [0.25, 0.3) is 5.91 Å². The van der Waals surface area contributed by atoms with E-state index >= 15 is 0 Å². The van der Waals surface area contributed by atoms with Crippen LogP contribution in [0.3, 0.4) is 0 Å². The van der Waals surface area contributed by atoms with Crippen molar-refractivity contribution >= 4 is 32.2 Å². The van der Waals surface area contributed by atoms with Crippen molar-refractivity contribution in [1.29, 1.82) is 5.26 Å². The lowest BCUT2D eigenvalue weighted by molar-refractivity contribution is -0.178. The molecule has 0 bridgehead atoms. The van der Waals surface area contributed by atoms with Crippen LogP contribution in [0.15, 0.2) is 126 Å². The van der Waals surface area contributed by atoms with Crippen molar-refractivity contribution in [2.75, 3.05) is 26.1 Å². The second-order valence-electron chi connectivity index (χ2n) is 16.1. The van der Waals surface area contributed by atoms with Crippen LogP contribution in [0.2, 0.25) is 0 Å². The molecule has 1 fully saturated rings. The first kappa shape index (κ1) is 50.0. The summed E-state index contributed by atoms with van der Waals surface area (Å²) in [7, 11) is 1.23. The molecule has 1 aromatic heterocycles. The van der Waals surface area contributed by atoms with Gasteiger partial charge in [0, 0.05) is 30.3 Å². The first-order valence-electron chi connectivity index (χ1n) is 21.9. The monoisotopic (exact) mass is 933 g/mol. The fourth-order valence-electron chi connectivity index (χ4n) is 7.80. The van der Waals surface area contributed by atoms with Crippen molar-refractivity contribution in [1.82, 2.24) is 14.2 Å². The van der Waals surface area contributed by atoms with Gasteiger partial charge in [-0.25, -0.2) is 9.46 Å². The summed E-state index contributed by atoms with van der Waals surface area (Å²) in [5.74, 6) is -0.675. The largest absolute Gasteiger partial charge is 0.497 e. The van der Waals surface area contributed by atoms with Gasteiger partial charge in [-0.05, 0) is 86.8 Å². The van der Waals surface area contributed by atoms with Gasteiger partial charge in [0.15, 0.2) is 0 Å². The maximum Gasteiger partial charge on any atom is 0.351 e. The number of anilines is 1. The lowest BCUT2D eigenvalue weighted by atomic mass is 9.79. The van der Waals surface area contributed by atoms with Gasteiger partial charge in [0.2, 0.25) is 0 Å². The summed E-state index contributed by atoms with van der Waals surface area (Å²) >= 11 is 0. The van der Waals surface area contributed by atoms with Gasteiger partial charge in [-0.2, -0.15) is 10.2 Å². The number of hydrogen-bond donors (Lipinski definition) is 1. The molecule has 17 heteroatoms. The summed E-state index contributed by atoms with van der Waals surface area (Å²) in [5, 5.41) is 11.8. The minimum atomic E-state index is -1.89. The van der Waals surface area contributed by atoms with E-state index < -0.39 is 56.1 Å². The van der Waals surface area contributed by atoms with Crippen LogP contribution in [0.1, 0.15) is 86.7 Å². The number of nitrogens with zero attached hydrogens (tertiary/aromatic N) is 4. The quantitative estimate of drug-likeness (QED) is 0.0395. The molecule has 0 aliphatic carbocycles. The van der Waals surface area contributed by atoms with E-state index in [1.54, 1.807) is 68.8 Å². The number of esters is 1. The van der Waals surface area contributed by atoms with E-state index in [-0.39, 0.29) is 56.8 Å². The number of carbonyl (C=O) groups excluding carboxylic acids is 3. The van der Waals surface area contributed by atoms with Gasteiger partial charge in [-0.15, -0.1) is 0 Å². The van der Waals surface area contributed by atoms with Crippen LogP contribution < -0.4 is 20.5 Å². The molecule has 1 N–H and O–H groups in total. The van der Waals surface area contributed by atoms with E-state index in [2.05, 4.69) is 10.3 Å². The predicted molar refractivity (Wildman–Crippen MR) is 250 cm³/mol. The van der Waals surface area contributed by atoms with E-state index in [9.17, 15) is 19.2 Å². The van der Waals surface area contributed by atoms with Crippen LogP contribution in [-0.4, -0.2) is 77.2 Å². The van der Waals surface area contributed by atoms with Gasteiger partial charge < -0.3 is 38.0 Å². The van der Waals surface area contributed by atoms with Crippen molar-refractivity contribution in [2.24, 2.45) is 0 Å². The molecule has 16 nitrogen and oxygen atoms in total. The highest BCUT2D eigenvalue weighted by Gasteiger charge is 2.55. The summed E-state index contributed by atoms with van der Waals surface area (Å²) in [6, 6.07) is 36.0. The zero-order valence-electron chi connectivity index (χ0n) is 38.4. The topological polar surface area (TPSA) is 190 Å². The van der Waals surface area contributed by atoms with E-state index in [1.165, 1.54) is 16.8 Å². The fourth-order valence-corrected chi connectivity index (χ4v) is 9.35. The highest BCUT2D eigenvalue weighted by Crippen LogP contribution is 2.49. The Morgan fingerprint density at radius 1 is 0.851 bits per heavy atom. The van der Waals surface area contributed by atoms with E-state index in [0.717, 1.165) is 5.56 Å². The van der Waals surface area contributed by atoms with E-state index in [4.69, 9.17) is 38.0 Å². The molecule has 1 aliphatic heterocycles. The first-order chi connectivity index (χ1) is 32.4. The number of nitrogens with one attached hydrogen (secondary N) is 1. The number of nitriles is 1. The third-order valence-corrected chi connectivity index (χ3v) is 13.0. The van der Waals surface area contributed by atoms with E-state index in [1.807, 2.05) is 93.0 Å². The Balaban J connectivity index is 1.37. The van der Waals surface area contributed by atoms with E-state index in [0.29, 0.717) is 28.2 Å². The Bertz CT molecular complexity index is 2450. The Labute approximate surface area is 391 Å². The molecule has 5 aromatic rings. The standard InChI is InChI=1S/C50H56N5O11P/c1-34(2)55(35(3)4)67(63-31-13-29-51)66-46(57)27-26-45(56)64-42-32-44(54-30-28-43(53-49(54)59)52-48(58)37-16-11-8-12-17-37)65-47(42)50(38-18-22-40(60-5)23-19-38,39-20-24-41(61-6)25-21-39)62-33-36-14-9-7-10-15-36/h7-12,14-25,28,30,34-35,42,44,47H,13,26-27,31-33H2,1-6H3,(H,52,53,58,59)/t42-,44-,47+,67?/m0/s1. The lowest BCUT2D eigenvalue weighted by Gasteiger charge is -2.41. The average Bonchev–Trinajstić information content (AvgIpc) is 3.75. The van der Waals surface area contributed by atoms with Crippen LogP contribution in [0.4, 0.5) is 5.82 Å². The molecular weight excluding hydrogens is 878 g/mol. The fraction of sp³-hybridized carbons (Fsp3) is 0.360. The zero-order valence-corrected chi connectivity index (χ0v) is 39.3. The summed E-state index contributed by atoms with van der Waals surface area (Å²) in [5.41, 5.74) is 0.169. The van der Waals surface area contributed by atoms with Crippen molar-refractivity contribution in [3.05, 3.63) is 154 Å². The average molecular weight is 934 g/mol. The summed E-state index contributed by atoms with van der Waals surface area (Å²) in [6.07, 6.45) is -2.48. The second-order valence-corrected chi connectivity index (χ2v) is 17.5. The Morgan fingerprint density at radius 2 is 1.43 bits per heavy atom. The highest BCUT2D eigenvalue weighted by molar-refractivity contribution is 7.45. The van der Waals surface area contributed by atoms with Crippen LogP contribution >= 0.6 is 8.53 Å². The van der Waals surface area contributed by atoms with Gasteiger partial charge in [-0.3, -0.25) is 19.0 Å². The zero-order chi connectivity index (χ0) is 47.9. The van der Waals surface area contributed by atoms with Crippen LogP contribution in [-0.2, 0) is 45.1 Å². The second kappa shape index (κ2) is 23.8. The molecule has 2 heterocycles. The maximum atomic E-state index is 14.1. The van der Waals surface area contributed by atoms with Crippen molar-refractivity contribution in [2.45, 2.75) is 96.1 Å². The predicted octanol–water partition coefficient (Wildman–Crippen LogP) is 8.47. The molecule has 352 valence electrons. The van der Waals surface area contributed by atoms with Gasteiger partial charge in [0.05, 0.1) is 52.8 Å². The SMILES string of the molecule is COc1ccc(C(OCc2ccccc2)(c2ccc(OC)cc2)[C@@H]2O[C@H](n3ccc(NC(=O)c4ccccc4)nc3=O)C[C@@H]2OC(=O)CCC(=O)OP(OCCC#N)N(C(C)C)C(C)C)cc1. The molecular formula is C50H56N5O11P. The highest BCUT2D eigenvalue weighted by atomic mass is 31.2. The number of hydrogen-bond acceptors (Lipinski definition) is 14. The molecule has 4 aromatic carbocycles. The molecule has 0 radical (unpaired) electrons. The van der Waals surface area contributed by atoms with Crippen LogP contribution in [0.5, 0.6) is 11.5 Å². The summed E-state index contributed by atoms with van der Waals surface area (Å²) in [6.45, 7) is 7.95. The third-order valence-electron chi connectivity index (χ3n) is 10.9. The van der Waals surface area contributed by atoms with Gasteiger partial charge >= 0.3 is 26.2 Å². The summed E-state index contributed by atoms with van der Waals surface area (Å²) < 4.78 is 46.4. The van der Waals surface area contributed by atoms with Gasteiger partial charge in [0.1, 0.15) is 41.4 Å². The Hall–Kier alpha value is -6.47.